The number of nitrogens with one attached hydrogen (secondary N) is 14. The summed E-state index contributed by atoms with van der Waals surface area (Å²) in [6.07, 6.45) is -3.92. The molecule has 728 valence electrons. The quantitative estimate of drug-likeness (QED) is 0.0363. The van der Waals surface area contributed by atoms with Gasteiger partial charge in [-0.25, -0.2) is 0 Å². The van der Waals surface area contributed by atoms with E-state index in [1.165, 1.54) is 59.0 Å². The van der Waals surface area contributed by atoms with Crippen molar-refractivity contribution < 1.29 is 107 Å². The Hall–Kier alpha value is -13.8. The molecule has 1 aromatic heterocycles. The van der Waals surface area contributed by atoms with Crippen molar-refractivity contribution in [3.63, 3.8) is 0 Å². The predicted molar refractivity (Wildman–Crippen MR) is 497 cm³/mol. The van der Waals surface area contributed by atoms with E-state index in [1.807, 2.05) is 30.3 Å². The molecule has 2 saturated heterocycles. The number of nitrogens with two attached hydrogens (primary N) is 2. The Morgan fingerprint density at radius 1 is 0.474 bits per heavy atom. The lowest BCUT2D eigenvalue weighted by Gasteiger charge is -2.34. The molecule has 41 heteroatoms. The van der Waals surface area contributed by atoms with E-state index in [0.717, 1.165) is 20.9 Å². The van der Waals surface area contributed by atoms with Gasteiger partial charge in [0.25, 0.3) is 0 Å². The van der Waals surface area contributed by atoms with Crippen molar-refractivity contribution in [2.45, 2.75) is 224 Å². The third kappa shape index (κ3) is 31.7. The number of para-hydroxylation sites is 1. The Bertz CT molecular complexity index is 5220. The number of likely N-dealkylation sites (N-methyl/N-ethyl adjacent to an activating group) is 1. The number of fused-ring (bicyclic) bond motifs is 2. The fourth-order valence-electron chi connectivity index (χ4n) is 15.4. The first-order chi connectivity index (χ1) is 63.9. The molecule has 40 nitrogen and oxygen atoms in total. The number of amides is 17. The molecule has 3 heterocycles. The van der Waals surface area contributed by atoms with Crippen LogP contribution in [0.3, 0.4) is 0 Å². The number of hydrogen-bond donors (Lipinski definition) is 20. The van der Waals surface area contributed by atoms with Crippen LogP contribution in [0, 0.1) is 23.7 Å². The van der Waals surface area contributed by atoms with Gasteiger partial charge in [-0.1, -0.05) is 171 Å². The summed E-state index contributed by atoms with van der Waals surface area (Å²) in [4.78, 5) is 266. The zero-order chi connectivity index (χ0) is 99.4. The number of aliphatic carboxylic acids is 1. The van der Waals surface area contributed by atoms with Crippen LogP contribution >= 0.6 is 11.8 Å². The van der Waals surface area contributed by atoms with Crippen LogP contribution in [0.5, 0.6) is 5.75 Å². The maximum atomic E-state index is 15.5. The predicted octanol–water partition coefficient (Wildman–Crippen LogP) is -1.08. The number of phenolic OH excluding ortho intramolecular Hbond substituents is 1. The number of aromatic hydroxyl groups is 1. The van der Waals surface area contributed by atoms with Gasteiger partial charge in [-0.15, -0.1) is 11.8 Å². The lowest BCUT2D eigenvalue weighted by molar-refractivity contribution is -0.149. The minimum Gasteiger partial charge on any atom is -0.508 e. The van der Waals surface area contributed by atoms with E-state index < -0.39 is 277 Å². The van der Waals surface area contributed by atoms with Crippen LogP contribution in [0.15, 0.2) is 140 Å². The third-order valence-electron chi connectivity index (χ3n) is 22.9. The zero-order valence-electron chi connectivity index (χ0n) is 77.1. The molecule has 6 aromatic rings. The number of aromatic nitrogens is 1. The van der Waals surface area contributed by atoms with E-state index in [1.54, 1.807) is 127 Å². The van der Waals surface area contributed by atoms with E-state index in [-0.39, 0.29) is 37.9 Å². The highest BCUT2D eigenvalue weighted by molar-refractivity contribution is 8.00. The lowest BCUT2D eigenvalue weighted by atomic mass is 9.97. The highest BCUT2D eigenvalue weighted by Gasteiger charge is 2.46. The number of carbonyl (C=O) groups excluding carboxylic acids is 17. The highest BCUT2D eigenvalue weighted by Crippen LogP contribution is 2.26. The molecule has 0 spiro atoms. The summed E-state index contributed by atoms with van der Waals surface area (Å²) in [6.45, 7) is 13.9. The summed E-state index contributed by atoms with van der Waals surface area (Å²) in [6, 6.07) is 11.9. The second-order valence-electron chi connectivity index (χ2n) is 35.4. The van der Waals surface area contributed by atoms with Crippen molar-refractivity contribution >= 4 is 129 Å². The molecular weight excluding hydrogens is 1770 g/mol. The fourth-order valence-corrected chi connectivity index (χ4v) is 16.2. The minimum absolute atomic E-state index is 0.133. The topological polar surface area (TPSA) is 619 Å². The number of thioether (sulfide) groups is 1. The molecule has 0 bridgehead atoms. The number of phenols is 1. The Morgan fingerprint density at radius 2 is 0.904 bits per heavy atom. The highest BCUT2D eigenvalue weighted by atomic mass is 32.2. The maximum absolute atomic E-state index is 15.5. The first-order valence-corrected chi connectivity index (χ1v) is 45.7. The SMILES string of the molecule is CC(C)C[C@@H]1NC(=O)[C@H](Cc2c[nH]c3ccccc23)NC(=O)[C@H](CC(=O)O)NC(=O)[C@H](Cc2ccc(O)cc2)NC(=O)[C@H](Cc2ccccc2)NC(=O)CSC[C@@H](C(=O)N[C@@H](C)C(N)=O)NC(=O)[C@H](CO)NC(=O)[C@H](C(C)C)NC(=O)[C@H](CC(C)C)NC(=O)[C@H](CC(N)=O)NC(=O)[C@H]2C[C@@H](O)CN2C(=O)[C@H](C)N(C)C(=O)[C@H](C(C)C)NC(=O)[C@H](Cc2ccc(-c3ccccc3)cc2)NC1=O. The lowest BCUT2D eigenvalue weighted by Crippen LogP contribution is -2.62. The molecule has 5 aromatic carbocycles. The number of aliphatic hydroxyl groups excluding tert-OH is 2. The Labute approximate surface area is 785 Å². The largest absolute Gasteiger partial charge is 0.508 e. The van der Waals surface area contributed by atoms with Gasteiger partial charge in [0, 0.05) is 68.5 Å². The zero-order valence-corrected chi connectivity index (χ0v) is 77.9. The van der Waals surface area contributed by atoms with Crippen LogP contribution < -0.4 is 80.6 Å². The van der Waals surface area contributed by atoms with Gasteiger partial charge in [-0.05, 0) is 102 Å². The molecule has 17 amide bonds. The summed E-state index contributed by atoms with van der Waals surface area (Å²) < 4.78 is 0. The van der Waals surface area contributed by atoms with Gasteiger partial charge >= 0.3 is 5.97 Å². The summed E-state index contributed by atoms with van der Waals surface area (Å²) in [5.41, 5.74) is 15.1. The smallest absolute Gasteiger partial charge is 0.305 e. The van der Waals surface area contributed by atoms with Gasteiger partial charge in [0.1, 0.15) is 96.4 Å². The van der Waals surface area contributed by atoms with Crippen LogP contribution in [0.25, 0.3) is 22.0 Å². The van der Waals surface area contributed by atoms with Gasteiger partial charge in [-0.3, -0.25) is 86.3 Å². The molecule has 22 N–H and O–H groups in total. The maximum Gasteiger partial charge on any atom is 0.305 e. The normalized spacial score (nSPS) is 24.4. The molecule has 0 aliphatic carbocycles. The Morgan fingerprint density at radius 3 is 1.43 bits per heavy atom. The van der Waals surface area contributed by atoms with E-state index in [2.05, 4.69) is 74.1 Å². The fraction of sp³-hybridized carbons (Fsp3) is 0.468. The molecule has 0 radical (unpaired) electrons. The number of nitrogens with zero attached hydrogens (tertiary/aromatic N) is 2. The second-order valence-corrected chi connectivity index (χ2v) is 36.4. The molecule has 0 unspecified atom stereocenters. The molecule has 8 rings (SSSR count). The van der Waals surface area contributed by atoms with Gasteiger partial charge in [-0.2, -0.15) is 0 Å². The molecule has 16 atom stereocenters. The summed E-state index contributed by atoms with van der Waals surface area (Å²) >= 11 is 0.697. The molecule has 135 heavy (non-hydrogen) atoms. The van der Waals surface area contributed by atoms with Crippen LogP contribution in [-0.4, -0.2) is 270 Å². The first-order valence-electron chi connectivity index (χ1n) is 44.6. The van der Waals surface area contributed by atoms with E-state index in [4.69, 9.17) is 11.5 Å². The van der Waals surface area contributed by atoms with Gasteiger partial charge in [0.05, 0.1) is 31.3 Å². The van der Waals surface area contributed by atoms with Crippen LogP contribution in [0.2, 0.25) is 0 Å². The van der Waals surface area contributed by atoms with Crippen molar-refractivity contribution in [1.29, 1.82) is 0 Å². The third-order valence-corrected chi connectivity index (χ3v) is 24.0. The molecule has 2 fully saturated rings. The van der Waals surface area contributed by atoms with Gasteiger partial charge < -0.3 is 116 Å². The average molecular weight is 1890 g/mol. The number of hydrogen-bond acceptors (Lipinski definition) is 22. The average Bonchev–Trinajstić information content (AvgIpc) is 1.67. The van der Waals surface area contributed by atoms with Crippen molar-refractivity contribution in [1.82, 2.24) is 83.9 Å². The van der Waals surface area contributed by atoms with E-state index in [0.29, 0.717) is 44.9 Å². The van der Waals surface area contributed by atoms with Crippen LogP contribution in [-0.2, 0) is 112 Å². The first kappa shape index (κ1) is 107. The monoisotopic (exact) mass is 1890 g/mol. The number of rotatable bonds is 23. The number of carbonyl (C=O) groups is 18. The Kier molecular flexibility index (Phi) is 39.7. The van der Waals surface area contributed by atoms with E-state index >= 15 is 33.6 Å². The van der Waals surface area contributed by atoms with Gasteiger partial charge in [0.2, 0.25) is 100 Å². The van der Waals surface area contributed by atoms with Crippen LogP contribution in [0.1, 0.15) is 124 Å². The number of benzene rings is 5. The number of aliphatic hydroxyl groups is 2. The number of carboxylic acid groups (broad SMARTS) is 1. The molecule has 2 aliphatic heterocycles. The number of aromatic amines is 1. The molecular formula is C94H124N18O22S. The van der Waals surface area contributed by atoms with Crippen LogP contribution in [0.4, 0.5) is 0 Å². The summed E-state index contributed by atoms with van der Waals surface area (Å²) in [5.74, 6) is -23.2. The summed E-state index contributed by atoms with van der Waals surface area (Å²) in [7, 11) is 1.25. The second kappa shape index (κ2) is 50.3. The van der Waals surface area contributed by atoms with Crippen molar-refractivity contribution in [2.24, 2.45) is 35.1 Å². The van der Waals surface area contributed by atoms with E-state index in [9.17, 15) is 73.2 Å². The Balaban J connectivity index is 1.20. The molecule has 2 aliphatic rings. The van der Waals surface area contributed by atoms with Crippen molar-refractivity contribution in [2.75, 3.05) is 31.7 Å². The number of carboxylic acids is 1. The van der Waals surface area contributed by atoms with Crippen molar-refractivity contribution in [3.05, 3.63) is 162 Å². The number of primary amides is 2. The minimum atomic E-state index is -2.07. The molecule has 0 saturated carbocycles. The van der Waals surface area contributed by atoms with Crippen molar-refractivity contribution in [3.8, 4) is 16.9 Å². The van der Waals surface area contributed by atoms with Gasteiger partial charge in [0.15, 0.2) is 0 Å². The standard InChI is InChI=1S/C94H124N18O22S/c1-48(2)34-64-81(121)103-68(37-55-26-30-58(31-27-55)57-22-16-13-17-23-57)88(128)110-79(51(7)8)94(134)111(11)53(10)93(133)112-44-61(115)40-74(112)91(131)106-70(41-75(95)116)85(125)101-65(35-49(3)4)87(127)109-78(50(5)6)92(132)107-72(45-113)89(129)108-73(90(130)98-52(9)80(96)120)46-135-47-76(117)99-66(36-54-20-14-12-15-21-54)82(122)102-67(38-56-28-32-60(114)33-29-56)83(123)105-71(42-77(118)119)86(126)104-69(84(124)100-64)39-59-43-97-63-25-19-18-24-62(59)63/h12-33,43,48-53,61,64-74,78-79,97,113-115H,34-42,44-47H2,1-11H3,(H2,95,116)(H2,96,120)(H,98,130)(H,99,117)(H,100,124)(H,101,125)(H,102,122)(H,103,121)(H,104,126)(H,105,123)(H,106,131)(H,107,132)(H,108,129)(H,109,127)(H,110,128)(H,118,119)/t52-,53-,61+,64-,65-,66-,67-,68-,69-,70-,71-,72-,73-,74+,78-,79-/m0/s1. The summed E-state index contributed by atoms with van der Waals surface area (Å²) in [5, 5.41) is 76.6. The number of H-pyrrole nitrogens is 1.